The maximum absolute atomic E-state index is 12.1. The minimum Gasteiger partial charge on any atom is -0.494 e. The number of ether oxygens (including phenoxy) is 1. The number of likely N-dealkylation sites (tertiary alicyclic amines) is 1. The number of hydrogen-bond donors (Lipinski definition) is 2. The molecular weight excluding hydrogens is 314 g/mol. The Bertz CT molecular complexity index is 677. The highest BCUT2D eigenvalue weighted by atomic mass is 16.5. The third-order valence-corrected chi connectivity index (χ3v) is 4.24. The molecule has 0 spiro atoms. The number of carbonyl (C=O) groups excluding carboxylic acids is 1. The van der Waals surface area contributed by atoms with Gasteiger partial charge in [-0.1, -0.05) is 12.1 Å². The van der Waals surface area contributed by atoms with Crippen molar-refractivity contribution in [2.24, 2.45) is 0 Å². The molecule has 0 atom stereocenters. The lowest BCUT2D eigenvalue weighted by Crippen LogP contribution is -2.20. The van der Waals surface area contributed by atoms with E-state index in [1.165, 1.54) is 31.5 Å². The summed E-state index contributed by atoms with van der Waals surface area (Å²) in [6.07, 6.45) is 2.59. The Hall–Kier alpha value is -2.53. The molecule has 5 heteroatoms. The zero-order chi connectivity index (χ0) is 17.5. The van der Waals surface area contributed by atoms with Crippen LogP contribution in [-0.2, 0) is 6.54 Å². The number of hydrogen-bond acceptors (Lipinski definition) is 3. The van der Waals surface area contributed by atoms with Gasteiger partial charge in [-0.25, -0.2) is 4.79 Å². The molecule has 25 heavy (non-hydrogen) atoms. The van der Waals surface area contributed by atoms with Crippen molar-refractivity contribution in [2.45, 2.75) is 26.3 Å². The van der Waals surface area contributed by atoms with Crippen LogP contribution in [0.15, 0.2) is 48.5 Å². The van der Waals surface area contributed by atoms with E-state index < -0.39 is 0 Å². The van der Waals surface area contributed by atoms with Crippen LogP contribution in [0.3, 0.4) is 0 Å². The normalized spacial score (nSPS) is 14.3. The summed E-state index contributed by atoms with van der Waals surface area (Å²) in [5, 5.41) is 5.68. The van der Waals surface area contributed by atoms with Gasteiger partial charge in [-0.3, -0.25) is 4.90 Å². The van der Waals surface area contributed by atoms with Gasteiger partial charge in [0.05, 0.1) is 6.61 Å². The quantitative estimate of drug-likeness (QED) is 0.824. The van der Waals surface area contributed by atoms with E-state index in [4.69, 9.17) is 4.74 Å². The number of nitrogens with zero attached hydrogens (tertiary/aromatic N) is 1. The second-order valence-corrected chi connectivity index (χ2v) is 6.22. The number of urea groups is 1. The summed E-state index contributed by atoms with van der Waals surface area (Å²) >= 11 is 0. The van der Waals surface area contributed by atoms with Crippen molar-refractivity contribution in [1.29, 1.82) is 0 Å². The molecule has 5 nitrogen and oxygen atoms in total. The summed E-state index contributed by atoms with van der Waals surface area (Å²) in [4.78, 5) is 14.6. The summed E-state index contributed by atoms with van der Waals surface area (Å²) in [6, 6.07) is 15.1. The zero-order valence-electron chi connectivity index (χ0n) is 14.6. The van der Waals surface area contributed by atoms with E-state index in [-0.39, 0.29) is 6.03 Å². The summed E-state index contributed by atoms with van der Waals surface area (Å²) in [6.45, 7) is 5.92. The molecular formula is C20H25N3O2. The molecule has 1 aliphatic rings. The Balaban J connectivity index is 1.50. The van der Waals surface area contributed by atoms with Gasteiger partial charge in [-0.2, -0.15) is 0 Å². The number of nitrogens with one attached hydrogen (secondary N) is 2. The number of carbonyl (C=O) groups is 1. The van der Waals surface area contributed by atoms with E-state index in [9.17, 15) is 4.79 Å². The molecule has 1 aliphatic heterocycles. The van der Waals surface area contributed by atoms with Gasteiger partial charge in [0.1, 0.15) is 5.75 Å². The minimum absolute atomic E-state index is 0.253. The molecule has 132 valence electrons. The molecule has 1 fully saturated rings. The topological polar surface area (TPSA) is 53.6 Å². The summed E-state index contributed by atoms with van der Waals surface area (Å²) in [5.74, 6) is 0.794. The molecule has 2 amide bonds. The Kier molecular flexibility index (Phi) is 5.90. The smallest absolute Gasteiger partial charge is 0.323 e. The van der Waals surface area contributed by atoms with Crippen LogP contribution in [0, 0.1) is 0 Å². The molecule has 0 bridgehead atoms. The SMILES string of the molecule is CCOc1ccc(NC(=O)Nc2ccc(CN3CCCC3)cc2)cc1. The van der Waals surface area contributed by atoms with Gasteiger partial charge >= 0.3 is 6.03 Å². The fourth-order valence-corrected chi connectivity index (χ4v) is 2.99. The average Bonchev–Trinajstić information content (AvgIpc) is 3.12. The molecule has 1 saturated heterocycles. The molecule has 0 saturated carbocycles. The van der Waals surface area contributed by atoms with Crippen molar-refractivity contribution in [3.05, 3.63) is 54.1 Å². The predicted octanol–water partition coefficient (Wildman–Crippen LogP) is 4.33. The monoisotopic (exact) mass is 339 g/mol. The number of benzene rings is 2. The number of anilines is 2. The lowest BCUT2D eigenvalue weighted by molar-refractivity contribution is 0.262. The Morgan fingerprint density at radius 3 is 2.08 bits per heavy atom. The van der Waals surface area contributed by atoms with Crippen molar-refractivity contribution in [1.82, 2.24) is 4.90 Å². The fourth-order valence-electron chi connectivity index (χ4n) is 2.99. The molecule has 2 aromatic rings. The third-order valence-electron chi connectivity index (χ3n) is 4.24. The van der Waals surface area contributed by atoms with Crippen LogP contribution >= 0.6 is 0 Å². The van der Waals surface area contributed by atoms with Crippen LogP contribution in [0.25, 0.3) is 0 Å². The van der Waals surface area contributed by atoms with E-state index in [2.05, 4.69) is 27.7 Å². The fraction of sp³-hybridized carbons (Fsp3) is 0.350. The molecule has 1 heterocycles. The summed E-state index contributed by atoms with van der Waals surface area (Å²) in [5.41, 5.74) is 2.79. The molecule has 2 aromatic carbocycles. The van der Waals surface area contributed by atoms with Gasteiger partial charge in [0.25, 0.3) is 0 Å². The largest absolute Gasteiger partial charge is 0.494 e. The van der Waals surface area contributed by atoms with Crippen LogP contribution in [0.1, 0.15) is 25.3 Å². The van der Waals surface area contributed by atoms with Gasteiger partial charge in [0.15, 0.2) is 0 Å². The molecule has 0 radical (unpaired) electrons. The van der Waals surface area contributed by atoms with Crippen molar-refractivity contribution in [3.63, 3.8) is 0 Å². The first-order valence-electron chi connectivity index (χ1n) is 8.85. The maximum Gasteiger partial charge on any atom is 0.323 e. The van der Waals surface area contributed by atoms with Crippen molar-refractivity contribution < 1.29 is 9.53 Å². The lowest BCUT2D eigenvalue weighted by Gasteiger charge is -2.15. The second-order valence-electron chi connectivity index (χ2n) is 6.22. The van der Waals surface area contributed by atoms with Crippen LogP contribution in [0.2, 0.25) is 0 Å². The van der Waals surface area contributed by atoms with Gasteiger partial charge in [-0.05, 0) is 74.8 Å². The molecule has 0 unspecified atom stereocenters. The zero-order valence-corrected chi connectivity index (χ0v) is 14.6. The van der Waals surface area contributed by atoms with Gasteiger partial charge in [0, 0.05) is 17.9 Å². The van der Waals surface area contributed by atoms with Crippen molar-refractivity contribution in [3.8, 4) is 5.75 Å². The van der Waals surface area contributed by atoms with Crippen LogP contribution in [-0.4, -0.2) is 30.6 Å². The van der Waals surface area contributed by atoms with Crippen LogP contribution < -0.4 is 15.4 Å². The first-order chi connectivity index (χ1) is 12.2. The third kappa shape index (κ3) is 5.22. The van der Waals surface area contributed by atoms with Gasteiger partial charge in [0.2, 0.25) is 0 Å². The first-order valence-corrected chi connectivity index (χ1v) is 8.85. The lowest BCUT2D eigenvalue weighted by atomic mass is 10.2. The molecule has 0 aliphatic carbocycles. The van der Waals surface area contributed by atoms with E-state index in [0.717, 1.165) is 23.7 Å². The van der Waals surface area contributed by atoms with E-state index in [1.54, 1.807) is 0 Å². The highest BCUT2D eigenvalue weighted by Crippen LogP contribution is 2.17. The van der Waals surface area contributed by atoms with Crippen LogP contribution in [0.4, 0.5) is 16.2 Å². The molecule has 2 N–H and O–H groups in total. The minimum atomic E-state index is -0.253. The second kappa shape index (κ2) is 8.53. The van der Waals surface area contributed by atoms with E-state index in [0.29, 0.717) is 6.61 Å². The Morgan fingerprint density at radius 1 is 0.960 bits per heavy atom. The highest BCUT2D eigenvalue weighted by Gasteiger charge is 2.11. The Morgan fingerprint density at radius 2 is 1.52 bits per heavy atom. The maximum atomic E-state index is 12.1. The van der Waals surface area contributed by atoms with E-state index in [1.807, 2.05) is 43.3 Å². The van der Waals surface area contributed by atoms with Crippen LogP contribution in [0.5, 0.6) is 5.75 Å². The standard InChI is InChI=1S/C20H25N3O2/c1-2-25-19-11-9-18(10-12-19)22-20(24)21-17-7-5-16(6-8-17)15-23-13-3-4-14-23/h5-12H,2-4,13-15H2,1H3,(H2,21,22,24). The van der Waals surface area contributed by atoms with Gasteiger partial charge in [-0.15, -0.1) is 0 Å². The predicted molar refractivity (Wildman–Crippen MR) is 101 cm³/mol. The average molecular weight is 339 g/mol. The van der Waals surface area contributed by atoms with Crippen molar-refractivity contribution >= 4 is 17.4 Å². The first kappa shape index (κ1) is 17.3. The Labute approximate surface area is 149 Å². The van der Waals surface area contributed by atoms with Gasteiger partial charge < -0.3 is 15.4 Å². The van der Waals surface area contributed by atoms with Crippen molar-refractivity contribution in [2.75, 3.05) is 30.3 Å². The number of rotatable bonds is 6. The molecule has 0 aromatic heterocycles. The summed E-state index contributed by atoms with van der Waals surface area (Å²) < 4.78 is 5.39. The van der Waals surface area contributed by atoms with E-state index >= 15 is 0 Å². The summed E-state index contributed by atoms with van der Waals surface area (Å²) in [7, 11) is 0. The highest BCUT2D eigenvalue weighted by molar-refractivity contribution is 5.99. The number of amides is 2. The molecule has 3 rings (SSSR count).